The van der Waals surface area contributed by atoms with E-state index >= 15 is 0 Å². The summed E-state index contributed by atoms with van der Waals surface area (Å²) in [5.74, 6) is -0.0422. The lowest BCUT2D eigenvalue weighted by Crippen LogP contribution is -2.59. The van der Waals surface area contributed by atoms with Crippen molar-refractivity contribution in [2.24, 2.45) is 0 Å². The highest BCUT2D eigenvalue weighted by Crippen LogP contribution is 2.34. The summed E-state index contributed by atoms with van der Waals surface area (Å²) in [5.41, 5.74) is 2.59. The Morgan fingerprint density at radius 1 is 1.05 bits per heavy atom. The Hall–Kier alpha value is -3.26. The normalized spacial score (nSPS) is 13.1. The molecule has 0 saturated carbocycles. The van der Waals surface area contributed by atoms with E-state index < -0.39 is 29.3 Å². The minimum Gasteiger partial charge on any atom is -0.444 e. The van der Waals surface area contributed by atoms with E-state index in [2.05, 4.69) is 17.2 Å². The van der Waals surface area contributed by atoms with E-state index in [4.69, 9.17) is 4.74 Å². The van der Waals surface area contributed by atoms with Crippen LogP contribution in [0.25, 0.3) is 6.08 Å². The molecule has 0 heterocycles. The molecule has 2 aromatic rings. The number of anilines is 1. The Bertz CT molecular complexity index is 1210. The van der Waals surface area contributed by atoms with Crippen molar-refractivity contribution in [2.45, 2.75) is 91.5 Å². The van der Waals surface area contributed by atoms with Gasteiger partial charge in [0.1, 0.15) is 17.7 Å². The van der Waals surface area contributed by atoms with Crippen molar-refractivity contribution < 1.29 is 19.1 Å². The Labute approximate surface area is 250 Å². The molecule has 2 atom stereocenters. The van der Waals surface area contributed by atoms with Crippen molar-refractivity contribution in [1.29, 1.82) is 0 Å². The van der Waals surface area contributed by atoms with Crippen molar-refractivity contribution in [3.05, 3.63) is 71.3 Å². The molecule has 2 N–H and O–H groups in total. The molecule has 224 valence electrons. The Kier molecular flexibility index (Phi) is 12.1. The minimum atomic E-state index is -0.978. The molecule has 3 amide bonds. The van der Waals surface area contributed by atoms with Crippen molar-refractivity contribution >= 4 is 41.4 Å². The van der Waals surface area contributed by atoms with E-state index in [1.165, 1.54) is 0 Å². The van der Waals surface area contributed by atoms with Crippen LogP contribution in [0.3, 0.4) is 0 Å². The van der Waals surface area contributed by atoms with Gasteiger partial charge in [0.2, 0.25) is 5.91 Å². The number of rotatable bonds is 12. The molecule has 0 aliphatic heterocycles. The zero-order valence-corrected chi connectivity index (χ0v) is 26.9. The van der Waals surface area contributed by atoms with Crippen molar-refractivity contribution in [3.8, 4) is 0 Å². The molecule has 2 aromatic carbocycles. The molecule has 0 bridgehead atoms. The monoisotopic (exact) mass is 581 g/mol. The average molecular weight is 582 g/mol. The van der Waals surface area contributed by atoms with E-state index in [-0.39, 0.29) is 11.8 Å². The SMILES string of the molecule is C=Cc1cccc(C(C(=O)Nc2c(C)cccc2C)N(C(=O)C(CCSC)NC(=O)OC(C)(C)C)C(C)(C)CC)c1. The summed E-state index contributed by atoms with van der Waals surface area (Å²) in [6.45, 7) is 19.0. The van der Waals surface area contributed by atoms with E-state index in [0.717, 1.165) is 22.4 Å². The molecule has 0 fully saturated rings. The minimum absolute atomic E-state index is 0.334. The van der Waals surface area contributed by atoms with Gasteiger partial charge in [-0.25, -0.2) is 4.79 Å². The molecule has 41 heavy (non-hydrogen) atoms. The number of para-hydroxylation sites is 1. The maximum Gasteiger partial charge on any atom is 0.408 e. The molecule has 0 spiro atoms. The molecule has 8 heteroatoms. The number of carbonyl (C=O) groups excluding carboxylic acids is 3. The third-order valence-electron chi connectivity index (χ3n) is 7.05. The summed E-state index contributed by atoms with van der Waals surface area (Å²) >= 11 is 1.58. The first-order chi connectivity index (χ1) is 19.1. The predicted molar refractivity (Wildman–Crippen MR) is 171 cm³/mol. The first-order valence-corrected chi connectivity index (χ1v) is 15.5. The second-order valence-electron chi connectivity index (χ2n) is 11.9. The van der Waals surface area contributed by atoms with E-state index in [1.54, 1.807) is 43.5 Å². The molecule has 0 aromatic heterocycles. The van der Waals surface area contributed by atoms with Crippen LogP contribution in [0.2, 0.25) is 0 Å². The van der Waals surface area contributed by atoms with E-state index in [9.17, 15) is 14.4 Å². The van der Waals surface area contributed by atoms with Gasteiger partial charge in [0.25, 0.3) is 5.91 Å². The maximum atomic E-state index is 14.6. The van der Waals surface area contributed by atoms with Crippen LogP contribution >= 0.6 is 11.8 Å². The third kappa shape index (κ3) is 9.38. The molecule has 2 unspecified atom stereocenters. The van der Waals surface area contributed by atoms with Gasteiger partial charge in [0, 0.05) is 11.2 Å². The zero-order valence-electron chi connectivity index (χ0n) is 26.1. The number of alkyl carbamates (subject to hydrolysis) is 1. The summed E-state index contributed by atoms with van der Waals surface area (Å²) in [6.07, 6.45) is 3.95. The van der Waals surface area contributed by atoms with Gasteiger partial charge in [-0.1, -0.05) is 56.0 Å². The number of hydrogen-bond acceptors (Lipinski definition) is 5. The lowest BCUT2D eigenvalue weighted by molar-refractivity contribution is -0.147. The summed E-state index contributed by atoms with van der Waals surface area (Å²) in [7, 11) is 0. The van der Waals surface area contributed by atoms with Crippen LogP contribution in [0, 0.1) is 13.8 Å². The number of carbonyl (C=O) groups is 3. The summed E-state index contributed by atoms with van der Waals surface area (Å²) in [6, 6.07) is 11.5. The van der Waals surface area contributed by atoms with Crippen LogP contribution in [0.4, 0.5) is 10.5 Å². The van der Waals surface area contributed by atoms with Gasteiger partial charge < -0.3 is 20.3 Å². The number of benzene rings is 2. The predicted octanol–water partition coefficient (Wildman–Crippen LogP) is 7.29. The first kappa shape index (κ1) is 33.9. The van der Waals surface area contributed by atoms with E-state index in [0.29, 0.717) is 24.2 Å². The zero-order chi connectivity index (χ0) is 31.0. The average Bonchev–Trinajstić information content (AvgIpc) is 2.90. The van der Waals surface area contributed by atoms with Gasteiger partial charge in [-0.05, 0) is 102 Å². The molecular formula is C33H47N3O4S. The lowest BCUT2D eigenvalue weighted by atomic mass is 9.91. The van der Waals surface area contributed by atoms with Crippen molar-refractivity contribution in [1.82, 2.24) is 10.2 Å². The van der Waals surface area contributed by atoms with Crippen LogP contribution in [-0.2, 0) is 14.3 Å². The quantitative estimate of drug-likeness (QED) is 0.275. The number of aryl methyl sites for hydroxylation is 2. The van der Waals surface area contributed by atoms with Crippen LogP contribution in [0.1, 0.15) is 82.7 Å². The largest absolute Gasteiger partial charge is 0.444 e. The van der Waals surface area contributed by atoms with Crippen LogP contribution in [0.5, 0.6) is 0 Å². The topological polar surface area (TPSA) is 87.7 Å². The van der Waals surface area contributed by atoms with Crippen molar-refractivity contribution in [2.75, 3.05) is 17.3 Å². The standard InChI is InChI=1S/C33H47N3O4S/c1-11-24-17-14-18-25(21-24)28(29(37)35-27-22(3)15-13-16-23(27)4)36(33(8,9)12-2)30(38)26(19-20-41-10)34-31(39)40-32(5,6)7/h11,13-18,21,26,28H,1,12,19-20H2,2-10H3,(H,34,39)(H,35,37). The fourth-order valence-corrected chi connectivity index (χ4v) is 5.00. The number of amides is 3. The van der Waals surface area contributed by atoms with Crippen molar-refractivity contribution in [3.63, 3.8) is 0 Å². The Morgan fingerprint density at radius 3 is 2.20 bits per heavy atom. The maximum absolute atomic E-state index is 14.6. The molecular weight excluding hydrogens is 534 g/mol. The fourth-order valence-electron chi connectivity index (χ4n) is 4.53. The number of ether oxygens (including phenoxy) is 1. The number of nitrogens with one attached hydrogen (secondary N) is 2. The molecule has 7 nitrogen and oxygen atoms in total. The first-order valence-electron chi connectivity index (χ1n) is 14.1. The van der Waals surface area contributed by atoms with Gasteiger partial charge >= 0.3 is 6.09 Å². The van der Waals surface area contributed by atoms with Crippen LogP contribution < -0.4 is 10.6 Å². The third-order valence-corrected chi connectivity index (χ3v) is 7.70. The smallest absolute Gasteiger partial charge is 0.408 e. The fraction of sp³-hybridized carbons (Fsp3) is 0.485. The van der Waals surface area contributed by atoms with Gasteiger partial charge in [-0.15, -0.1) is 0 Å². The number of thioether (sulfide) groups is 1. The highest BCUT2D eigenvalue weighted by Gasteiger charge is 2.43. The van der Waals surface area contributed by atoms with Gasteiger partial charge in [-0.3, -0.25) is 9.59 Å². The Balaban J connectivity index is 2.70. The van der Waals surface area contributed by atoms with Gasteiger partial charge in [0.05, 0.1) is 0 Å². The molecule has 0 saturated heterocycles. The molecule has 0 radical (unpaired) electrons. The summed E-state index contributed by atoms with van der Waals surface area (Å²) in [4.78, 5) is 43.4. The second-order valence-corrected chi connectivity index (χ2v) is 12.9. The molecule has 0 aliphatic rings. The van der Waals surface area contributed by atoms with Crippen LogP contribution in [0.15, 0.2) is 49.0 Å². The number of nitrogens with zero attached hydrogens (tertiary/aromatic N) is 1. The highest BCUT2D eigenvalue weighted by molar-refractivity contribution is 7.98. The number of hydrogen-bond donors (Lipinski definition) is 2. The second kappa shape index (κ2) is 14.6. The molecule has 2 rings (SSSR count). The molecule has 0 aliphatic carbocycles. The van der Waals surface area contributed by atoms with E-state index in [1.807, 2.05) is 83.3 Å². The highest BCUT2D eigenvalue weighted by atomic mass is 32.2. The Morgan fingerprint density at radius 2 is 1.66 bits per heavy atom. The van der Waals surface area contributed by atoms with Gasteiger partial charge in [0.15, 0.2) is 0 Å². The van der Waals surface area contributed by atoms with Crippen LogP contribution in [-0.4, -0.2) is 52.0 Å². The summed E-state index contributed by atoms with van der Waals surface area (Å²) < 4.78 is 5.50. The lowest BCUT2D eigenvalue weighted by Gasteiger charge is -2.44. The summed E-state index contributed by atoms with van der Waals surface area (Å²) in [5, 5.41) is 5.93. The van der Waals surface area contributed by atoms with Gasteiger partial charge in [-0.2, -0.15) is 11.8 Å².